The first-order chi connectivity index (χ1) is 8.56. The van der Waals surface area contributed by atoms with Gasteiger partial charge in [0.1, 0.15) is 0 Å². The van der Waals surface area contributed by atoms with Crippen LogP contribution in [-0.4, -0.2) is 37.0 Å². The van der Waals surface area contributed by atoms with Crippen LogP contribution in [0.1, 0.15) is 32.3 Å². The summed E-state index contributed by atoms with van der Waals surface area (Å²) in [5.41, 5.74) is 1.30. The van der Waals surface area contributed by atoms with E-state index < -0.39 is 0 Å². The Morgan fingerprint density at radius 2 is 1.89 bits per heavy atom. The van der Waals surface area contributed by atoms with Crippen LogP contribution in [0.15, 0.2) is 30.3 Å². The molecule has 0 unspecified atom stereocenters. The third-order valence-electron chi connectivity index (χ3n) is 3.32. The van der Waals surface area contributed by atoms with Crippen LogP contribution in [0.2, 0.25) is 0 Å². The monoisotopic (exact) mass is 248 g/mol. The van der Waals surface area contributed by atoms with E-state index in [1.165, 1.54) is 5.56 Å². The molecular weight excluding hydrogens is 224 g/mol. The van der Waals surface area contributed by atoms with Gasteiger partial charge in [0.25, 0.3) is 0 Å². The predicted molar refractivity (Wildman–Crippen MR) is 75.6 cm³/mol. The largest absolute Gasteiger partial charge is 0.345 e. The number of hydrogen-bond donors (Lipinski definition) is 1. The van der Waals surface area contributed by atoms with Crippen molar-refractivity contribution in [3.05, 3.63) is 35.9 Å². The van der Waals surface area contributed by atoms with Gasteiger partial charge in [-0.1, -0.05) is 37.3 Å². The van der Waals surface area contributed by atoms with Crippen molar-refractivity contribution < 1.29 is 4.79 Å². The van der Waals surface area contributed by atoms with Gasteiger partial charge in [0.2, 0.25) is 5.91 Å². The van der Waals surface area contributed by atoms with E-state index in [2.05, 4.69) is 24.4 Å². The Bertz CT molecular complexity index is 364. The molecule has 100 valence electrons. The number of benzene rings is 1. The molecule has 0 aliphatic heterocycles. The third kappa shape index (κ3) is 4.15. The SMILES string of the molecule is CCN(C)C(=O)[C@@H](C)NC[C@@H](C)c1ccccc1. The zero-order valence-electron chi connectivity index (χ0n) is 11.8. The average Bonchev–Trinajstić information content (AvgIpc) is 2.43. The summed E-state index contributed by atoms with van der Waals surface area (Å²) in [5, 5.41) is 3.30. The van der Waals surface area contributed by atoms with Gasteiger partial charge >= 0.3 is 0 Å². The van der Waals surface area contributed by atoms with Crippen molar-refractivity contribution in [1.29, 1.82) is 0 Å². The van der Waals surface area contributed by atoms with Gasteiger partial charge in [-0.05, 0) is 25.3 Å². The highest BCUT2D eigenvalue weighted by molar-refractivity contribution is 5.81. The predicted octanol–water partition coefficient (Wildman–Crippen LogP) is 2.25. The van der Waals surface area contributed by atoms with Crippen molar-refractivity contribution in [3.63, 3.8) is 0 Å². The standard InChI is InChI=1S/C15H24N2O/c1-5-17(4)15(18)13(3)16-11-12(2)14-9-7-6-8-10-14/h6-10,12-13,16H,5,11H2,1-4H3/t12-,13-/m1/s1. The van der Waals surface area contributed by atoms with Crippen LogP contribution in [0.25, 0.3) is 0 Å². The summed E-state index contributed by atoms with van der Waals surface area (Å²) in [5.74, 6) is 0.561. The minimum atomic E-state index is -0.124. The number of likely N-dealkylation sites (N-methyl/N-ethyl adjacent to an activating group) is 1. The Balaban J connectivity index is 2.43. The molecule has 0 saturated carbocycles. The van der Waals surface area contributed by atoms with Crippen LogP contribution in [0.5, 0.6) is 0 Å². The second kappa shape index (κ2) is 7.17. The average molecular weight is 248 g/mol. The number of amides is 1. The molecule has 0 fully saturated rings. The van der Waals surface area contributed by atoms with Crippen LogP contribution in [0, 0.1) is 0 Å². The molecule has 0 heterocycles. The lowest BCUT2D eigenvalue weighted by Gasteiger charge is -2.22. The quantitative estimate of drug-likeness (QED) is 0.837. The number of rotatable bonds is 6. The van der Waals surface area contributed by atoms with E-state index >= 15 is 0 Å². The van der Waals surface area contributed by atoms with Crippen molar-refractivity contribution in [2.24, 2.45) is 0 Å². The van der Waals surface area contributed by atoms with Gasteiger partial charge in [-0.2, -0.15) is 0 Å². The van der Waals surface area contributed by atoms with E-state index in [4.69, 9.17) is 0 Å². The summed E-state index contributed by atoms with van der Waals surface area (Å²) in [7, 11) is 1.83. The van der Waals surface area contributed by atoms with Crippen molar-refractivity contribution >= 4 is 5.91 Å². The second-order valence-electron chi connectivity index (χ2n) is 4.79. The zero-order chi connectivity index (χ0) is 13.5. The summed E-state index contributed by atoms with van der Waals surface area (Å²) in [6.45, 7) is 7.64. The van der Waals surface area contributed by atoms with E-state index in [9.17, 15) is 4.79 Å². The lowest BCUT2D eigenvalue weighted by molar-refractivity contribution is -0.131. The smallest absolute Gasteiger partial charge is 0.239 e. The van der Waals surface area contributed by atoms with Crippen molar-refractivity contribution in [3.8, 4) is 0 Å². The van der Waals surface area contributed by atoms with E-state index in [1.807, 2.05) is 39.1 Å². The molecule has 1 aromatic rings. The Kier molecular flexibility index (Phi) is 5.86. The van der Waals surface area contributed by atoms with Gasteiger partial charge < -0.3 is 10.2 Å². The molecule has 0 saturated heterocycles. The molecule has 0 radical (unpaired) electrons. The topological polar surface area (TPSA) is 32.3 Å². The fraction of sp³-hybridized carbons (Fsp3) is 0.533. The molecular formula is C15H24N2O. The highest BCUT2D eigenvalue weighted by Gasteiger charge is 2.16. The number of carbonyl (C=O) groups is 1. The van der Waals surface area contributed by atoms with Gasteiger partial charge in [-0.15, -0.1) is 0 Å². The fourth-order valence-corrected chi connectivity index (χ4v) is 1.83. The molecule has 1 aromatic carbocycles. The normalized spacial score (nSPS) is 14.0. The van der Waals surface area contributed by atoms with Crippen LogP contribution in [0.3, 0.4) is 0 Å². The molecule has 1 N–H and O–H groups in total. The fourth-order valence-electron chi connectivity index (χ4n) is 1.83. The van der Waals surface area contributed by atoms with Gasteiger partial charge in [-0.25, -0.2) is 0 Å². The number of hydrogen-bond acceptors (Lipinski definition) is 2. The highest BCUT2D eigenvalue weighted by atomic mass is 16.2. The molecule has 0 aliphatic rings. The van der Waals surface area contributed by atoms with E-state index in [0.29, 0.717) is 5.92 Å². The van der Waals surface area contributed by atoms with E-state index in [-0.39, 0.29) is 11.9 Å². The summed E-state index contributed by atoms with van der Waals surface area (Å²) >= 11 is 0. The molecule has 3 nitrogen and oxygen atoms in total. The van der Waals surface area contributed by atoms with Crippen molar-refractivity contribution in [1.82, 2.24) is 10.2 Å². The minimum Gasteiger partial charge on any atom is -0.345 e. The van der Waals surface area contributed by atoms with Crippen LogP contribution in [-0.2, 0) is 4.79 Å². The maximum atomic E-state index is 11.9. The molecule has 0 spiro atoms. The molecule has 3 heteroatoms. The Morgan fingerprint density at radius 3 is 2.44 bits per heavy atom. The number of nitrogens with one attached hydrogen (secondary N) is 1. The molecule has 0 aliphatic carbocycles. The highest BCUT2D eigenvalue weighted by Crippen LogP contribution is 2.13. The van der Waals surface area contributed by atoms with Crippen LogP contribution in [0.4, 0.5) is 0 Å². The number of carbonyl (C=O) groups excluding carboxylic acids is 1. The van der Waals surface area contributed by atoms with Crippen LogP contribution >= 0.6 is 0 Å². The zero-order valence-corrected chi connectivity index (χ0v) is 11.8. The van der Waals surface area contributed by atoms with Crippen LogP contribution < -0.4 is 5.32 Å². The number of nitrogens with zero attached hydrogens (tertiary/aromatic N) is 1. The van der Waals surface area contributed by atoms with Gasteiger partial charge in [-0.3, -0.25) is 4.79 Å². The molecule has 1 amide bonds. The first-order valence-corrected chi connectivity index (χ1v) is 6.59. The van der Waals surface area contributed by atoms with Crippen molar-refractivity contribution in [2.45, 2.75) is 32.7 Å². The van der Waals surface area contributed by atoms with Gasteiger partial charge in [0.15, 0.2) is 0 Å². The third-order valence-corrected chi connectivity index (χ3v) is 3.32. The Hall–Kier alpha value is -1.35. The van der Waals surface area contributed by atoms with Gasteiger partial charge in [0, 0.05) is 20.1 Å². The Labute approximate surface area is 110 Å². The summed E-state index contributed by atoms with van der Waals surface area (Å²) < 4.78 is 0. The van der Waals surface area contributed by atoms with Gasteiger partial charge in [0.05, 0.1) is 6.04 Å². The molecule has 0 bridgehead atoms. The summed E-state index contributed by atoms with van der Waals surface area (Å²) in [6.07, 6.45) is 0. The first kappa shape index (κ1) is 14.7. The van der Waals surface area contributed by atoms with E-state index in [0.717, 1.165) is 13.1 Å². The molecule has 0 aromatic heterocycles. The lowest BCUT2D eigenvalue weighted by Crippen LogP contribution is -2.44. The Morgan fingerprint density at radius 1 is 1.28 bits per heavy atom. The van der Waals surface area contributed by atoms with Crippen molar-refractivity contribution in [2.75, 3.05) is 20.1 Å². The second-order valence-corrected chi connectivity index (χ2v) is 4.79. The molecule has 18 heavy (non-hydrogen) atoms. The maximum Gasteiger partial charge on any atom is 0.239 e. The molecule has 2 atom stereocenters. The van der Waals surface area contributed by atoms with E-state index in [1.54, 1.807) is 4.90 Å². The molecule has 1 rings (SSSR count). The first-order valence-electron chi connectivity index (χ1n) is 6.59. The minimum absolute atomic E-state index is 0.124. The summed E-state index contributed by atoms with van der Waals surface area (Å²) in [4.78, 5) is 13.6. The lowest BCUT2D eigenvalue weighted by atomic mass is 10.0. The maximum absolute atomic E-state index is 11.9. The summed E-state index contributed by atoms with van der Waals surface area (Å²) in [6, 6.07) is 10.2.